The van der Waals surface area contributed by atoms with Crippen LogP contribution in [0.3, 0.4) is 0 Å². The Bertz CT molecular complexity index is 535. The predicted molar refractivity (Wildman–Crippen MR) is 70.8 cm³/mol. The van der Waals surface area contributed by atoms with Crippen LogP contribution in [0.15, 0.2) is 40.9 Å². The molecule has 0 saturated heterocycles. The van der Waals surface area contributed by atoms with E-state index in [1.165, 1.54) is 6.07 Å². The summed E-state index contributed by atoms with van der Waals surface area (Å²) in [6, 6.07) is 11.0. The molecule has 0 aliphatic carbocycles. The molecule has 0 radical (unpaired) electrons. The smallest absolute Gasteiger partial charge is 0.137 e. The zero-order chi connectivity index (χ0) is 12.4. The first-order chi connectivity index (χ1) is 8.11. The van der Waals surface area contributed by atoms with Gasteiger partial charge in [0.05, 0.1) is 11.6 Å². The lowest BCUT2D eigenvalue weighted by molar-refractivity contribution is 0.415. The Morgan fingerprint density at radius 3 is 2.35 bits per heavy atom. The van der Waals surface area contributed by atoms with Gasteiger partial charge in [-0.15, -0.1) is 0 Å². The number of rotatable bonds is 2. The summed E-state index contributed by atoms with van der Waals surface area (Å²) in [5, 5.41) is 0. The van der Waals surface area contributed by atoms with E-state index >= 15 is 0 Å². The molecule has 17 heavy (non-hydrogen) atoms. The average Bonchev–Trinajstić information content (AvgIpc) is 2.34. The first-order valence-corrected chi connectivity index (χ1v) is 6.01. The largest absolute Gasteiger partial charge is 0.497 e. The van der Waals surface area contributed by atoms with E-state index in [4.69, 9.17) is 4.74 Å². The number of hydrogen-bond donors (Lipinski definition) is 0. The van der Waals surface area contributed by atoms with Gasteiger partial charge in [-0.3, -0.25) is 0 Å². The molecule has 2 aromatic rings. The van der Waals surface area contributed by atoms with Crippen LogP contribution in [0, 0.1) is 12.7 Å². The van der Waals surface area contributed by atoms with Crippen molar-refractivity contribution in [2.75, 3.05) is 7.11 Å². The highest BCUT2D eigenvalue weighted by Crippen LogP contribution is 2.29. The second-order valence-electron chi connectivity index (χ2n) is 3.81. The van der Waals surface area contributed by atoms with Crippen LogP contribution in [0.2, 0.25) is 0 Å². The fourth-order valence-electron chi connectivity index (χ4n) is 1.73. The van der Waals surface area contributed by atoms with Crippen molar-refractivity contribution in [2.24, 2.45) is 0 Å². The van der Waals surface area contributed by atoms with Crippen molar-refractivity contribution in [3.8, 4) is 16.9 Å². The quantitative estimate of drug-likeness (QED) is 0.788. The molecule has 0 saturated carbocycles. The number of hydrogen-bond acceptors (Lipinski definition) is 1. The molecule has 3 heteroatoms. The van der Waals surface area contributed by atoms with Gasteiger partial charge in [0.15, 0.2) is 0 Å². The van der Waals surface area contributed by atoms with E-state index in [2.05, 4.69) is 15.9 Å². The molecule has 0 fully saturated rings. The fourth-order valence-corrected chi connectivity index (χ4v) is 2.07. The van der Waals surface area contributed by atoms with Gasteiger partial charge in [-0.2, -0.15) is 0 Å². The minimum absolute atomic E-state index is 0.236. The lowest BCUT2D eigenvalue weighted by Crippen LogP contribution is -1.88. The molecule has 88 valence electrons. The Hall–Kier alpha value is -1.35. The minimum atomic E-state index is -0.236. The highest BCUT2D eigenvalue weighted by molar-refractivity contribution is 9.10. The first kappa shape index (κ1) is 12.1. The molecule has 0 unspecified atom stereocenters. The van der Waals surface area contributed by atoms with E-state index in [0.717, 1.165) is 22.4 Å². The van der Waals surface area contributed by atoms with Crippen LogP contribution in [0.5, 0.6) is 5.75 Å². The maximum Gasteiger partial charge on any atom is 0.137 e. The fraction of sp³-hybridized carbons (Fsp3) is 0.143. The summed E-state index contributed by atoms with van der Waals surface area (Å²) in [4.78, 5) is 0. The number of halogens is 2. The normalized spacial score (nSPS) is 10.4. The van der Waals surface area contributed by atoms with Gasteiger partial charge in [-0.25, -0.2) is 4.39 Å². The molecule has 2 rings (SSSR count). The van der Waals surface area contributed by atoms with Gasteiger partial charge in [0, 0.05) is 0 Å². The third-order valence-corrected chi connectivity index (χ3v) is 3.28. The Kier molecular flexibility index (Phi) is 3.48. The van der Waals surface area contributed by atoms with Gasteiger partial charge in [0.25, 0.3) is 0 Å². The third kappa shape index (κ3) is 2.50. The summed E-state index contributed by atoms with van der Waals surface area (Å²) in [7, 11) is 1.63. The van der Waals surface area contributed by atoms with Crippen LogP contribution in [-0.2, 0) is 0 Å². The van der Waals surface area contributed by atoms with Gasteiger partial charge in [-0.05, 0) is 63.8 Å². The topological polar surface area (TPSA) is 9.23 Å². The van der Waals surface area contributed by atoms with Crippen molar-refractivity contribution in [2.45, 2.75) is 6.92 Å². The number of methoxy groups -OCH3 is 1. The molecule has 2 aromatic carbocycles. The third-order valence-electron chi connectivity index (χ3n) is 2.67. The van der Waals surface area contributed by atoms with Crippen molar-refractivity contribution in [1.29, 1.82) is 0 Å². The van der Waals surface area contributed by atoms with E-state index in [1.807, 2.05) is 31.2 Å². The molecule has 0 heterocycles. The molecule has 0 spiro atoms. The van der Waals surface area contributed by atoms with Crippen molar-refractivity contribution in [3.05, 3.63) is 52.3 Å². The van der Waals surface area contributed by atoms with E-state index in [0.29, 0.717) is 4.47 Å². The monoisotopic (exact) mass is 294 g/mol. The standard InChI is InChI=1S/C14H12BrFO/c1-9-7-14(16)13(15)8-12(9)10-3-5-11(17-2)6-4-10/h3-8H,1-2H3. The molecule has 0 amide bonds. The van der Waals surface area contributed by atoms with Gasteiger partial charge in [-0.1, -0.05) is 12.1 Å². The van der Waals surface area contributed by atoms with E-state index in [-0.39, 0.29) is 5.82 Å². The van der Waals surface area contributed by atoms with Crippen LogP contribution in [0.4, 0.5) is 4.39 Å². The van der Waals surface area contributed by atoms with Crippen LogP contribution >= 0.6 is 15.9 Å². The van der Waals surface area contributed by atoms with E-state index in [1.54, 1.807) is 13.2 Å². The molecule has 1 nitrogen and oxygen atoms in total. The molecule has 0 atom stereocenters. The molecule has 0 aliphatic heterocycles. The lowest BCUT2D eigenvalue weighted by atomic mass is 10.0. The molecular formula is C14H12BrFO. The second-order valence-corrected chi connectivity index (χ2v) is 4.66. The summed E-state index contributed by atoms with van der Waals surface area (Å²) < 4.78 is 18.9. The summed E-state index contributed by atoms with van der Waals surface area (Å²) in [6.07, 6.45) is 0. The lowest BCUT2D eigenvalue weighted by Gasteiger charge is -2.08. The van der Waals surface area contributed by atoms with Crippen molar-refractivity contribution in [1.82, 2.24) is 0 Å². The van der Waals surface area contributed by atoms with Gasteiger partial charge < -0.3 is 4.74 Å². The zero-order valence-electron chi connectivity index (χ0n) is 9.63. The Morgan fingerprint density at radius 2 is 1.76 bits per heavy atom. The van der Waals surface area contributed by atoms with Gasteiger partial charge in [0.1, 0.15) is 11.6 Å². The minimum Gasteiger partial charge on any atom is -0.497 e. The molecule has 0 aromatic heterocycles. The summed E-state index contributed by atoms with van der Waals surface area (Å²) in [6.45, 7) is 1.90. The summed E-state index contributed by atoms with van der Waals surface area (Å²) >= 11 is 3.21. The maximum atomic E-state index is 13.3. The highest BCUT2D eigenvalue weighted by Gasteiger charge is 2.07. The van der Waals surface area contributed by atoms with Crippen LogP contribution in [-0.4, -0.2) is 7.11 Å². The number of ether oxygens (including phenoxy) is 1. The van der Waals surface area contributed by atoms with Crippen LogP contribution < -0.4 is 4.74 Å². The Labute approximate surface area is 108 Å². The predicted octanol–water partition coefficient (Wildman–Crippen LogP) is 4.57. The van der Waals surface area contributed by atoms with E-state index < -0.39 is 0 Å². The average molecular weight is 295 g/mol. The van der Waals surface area contributed by atoms with Gasteiger partial charge >= 0.3 is 0 Å². The second kappa shape index (κ2) is 4.88. The molecule has 0 N–H and O–H groups in total. The van der Waals surface area contributed by atoms with E-state index in [9.17, 15) is 4.39 Å². The number of aryl methyl sites for hydroxylation is 1. The number of benzene rings is 2. The molecular weight excluding hydrogens is 283 g/mol. The van der Waals surface area contributed by atoms with Crippen molar-refractivity contribution < 1.29 is 9.13 Å². The van der Waals surface area contributed by atoms with Crippen LogP contribution in [0.25, 0.3) is 11.1 Å². The SMILES string of the molecule is COc1ccc(-c2cc(Br)c(F)cc2C)cc1. The molecule has 0 bridgehead atoms. The Balaban J connectivity index is 2.48. The van der Waals surface area contributed by atoms with Crippen molar-refractivity contribution >= 4 is 15.9 Å². The zero-order valence-corrected chi connectivity index (χ0v) is 11.2. The summed E-state index contributed by atoms with van der Waals surface area (Å²) in [5.74, 6) is 0.576. The Morgan fingerprint density at radius 1 is 1.12 bits per heavy atom. The molecule has 0 aliphatic rings. The first-order valence-electron chi connectivity index (χ1n) is 5.22. The van der Waals surface area contributed by atoms with Crippen LogP contribution in [0.1, 0.15) is 5.56 Å². The summed E-state index contributed by atoms with van der Waals surface area (Å²) in [5.41, 5.74) is 2.97. The van der Waals surface area contributed by atoms with Gasteiger partial charge in [0.2, 0.25) is 0 Å². The maximum absolute atomic E-state index is 13.3. The highest BCUT2D eigenvalue weighted by atomic mass is 79.9. The van der Waals surface area contributed by atoms with Crippen molar-refractivity contribution in [3.63, 3.8) is 0 Å².